The maximum Gasteiger partial charge on any atom is 0.129 e. The summed E-state index contributed by atoms with van der Waals surface area (Å²) in [5.41, 5.74) is 3.24. The lowest BCUT2D eigenvalue weighted by atomic mass is 9.94. The summed E-state index contributed by atoms with van der Waals surface area (Å²) in [4.78, 5) is 0. The molecule has 0 aromatic heterocycles. The molecule has 0 aliphatic rings. The Labute approximate surface area is 129 Å². The van der Waals surface area contributed by atoms with Gasteiger partial charge in [-0.3, -0.25) is 0 Å². The van der Waals surface area contributed by atoms with Gasteiger partial charge in [-0.05, 0) is 49.7 Å². The van der Waals surface area contributed by atoms with E-state index in [1.54, 1.807) is 27.0 Å². The fourth-order valence-electron chi connectivity index (χ4n) is 2.57. The smallest absolute Gasteiger partial charge is 0.129 e. The number of halogens is 2. The van der Waals surface area contributed by atoms with Gasteiger partial charge in [0.25, 0.3) is 0 Å². The van der Waals surface area contributed by atoms with E-state index in [2.05, 4.69) is 5.32 Å². The lowest BCUT2D eigenvalue weighted by Gasteiger charge is -2.21. The Balaban J connectivity index is 2.54. The second kappa shape index (κ2) is 6.46. The molecule has 4 heteroatoms. The summed E-state index contributed by atoms with van der Waals surface area (Å²) in [6, 6.07) is 9.17. The Bertz CT molecular complexity index is 634. The van der Waals surface area contributed by atoms with Crippen LogP contribution in [0.5, 0.6) is 5.75 Å². The number of methoxy groups -OCH3 is 1. The van der Waals surface area contributed by atoms with Gasteiger partial charge in [0, 0.05) is 10.6 Å². The molecule has 0 amide bonds. The topological polar surface area (TPSA) is 21.3 Å². The summed E-state index contributed by atoms with van der Waals surface area (Å²) in [7, 11) is 3.48. The summed E-state index contributed by atoms with van der Waals surface area (Å²) >= 11 is 6.01. The summed E-state index contributed by atoms with van der Waals surface area (Å²) < 4.78 is 19.2. The number of ether oxygens (including phenoxy) is 1. The number of hydrogen-bond donors (Lipinski definition) is 1. The second-order valence-corrected chi connectivity index (χ2v) is 5.51. The zero-order chi connectivity index (χ0) is 15.6. The summed E-state index contributed by atoms with van der Waals surface area (Å²) in [5, 5.41) is 3.88. The fraction of sp³-hybridized carbons (Fsp3) is 0.294. The van der Waals surface area contributed by atoms with Crippen molar-refractivity contribution in [1.82, 2.24) is 5.32 Å². The third-order valence-corrected chi connectivity index (χ3v) is 3.82. The van der Waals surface area contributed by atoms with Crippen molar-refractivity contribution in [2.24, 2.45) is 0 Å². The third kappa shape index (κ3) is 3.20. The van der Waals surface area contributed by atoms with Crippen LogP contribution in [0.2, 0.25) is 5.02 Å². The van der Waals surface area contributed by atoms with Gasteiger partial charge in [-0.25, -0.2) is 4.39 Å². The second-order valence-electron chi connectivity index (χ2n) is 5.08. The maximum absolute atomic E-state index is 13.8. The minimum atomic E-state index is -0.156. The first-order valence-electron chi connectivity index (χ1n) is 6.75. The highest BCUT2D eigenvalue weighted by molar-refractivity contribution is 6.30. The maximum atomic E-state index is 13.8. The Morgan fingerprint density at radius 1 is 1.14 bits per heavy atom. The molecule has 1 unspecified atom stereocenters. The molecule has 0 spiro atoms. The Morgan fingerprint density at radius 3 is 2.29 bits per heavy atom. The van der Waals surface area contributed by atoms with Crippen LogP contribution in [0.15, 0.2) is 30.3 Å². The minimum Gasteiger partial charge on any atom is -0.496 e. The van der Waals surface area contributed by atoms with Crippen LogP contribution in [0.1, 0.15) is 28.3 Å². The van der Waals surface area contributed by atoms with Gasteiger partial charge < -0.3 is 10.1 Å². The van der Waals surface area contributed by atoms with E-state index < -0.39 is 0 Å². The average molecular weight is 308 g/mol. The van der Waals surface area contributed by atoms with Gasteiger partial charge in [-0.15, -0.1) is 0 Å². The highest BCUT2D eigenvalue weighted by Gasteiger charge is 2.18. The van der Waals surface area contributed by atoms with E-state index >= 15 is 0 Å². The van der Waals surface area contributed by atoms with Crippen LogP contribution >= 0.6 is 11.6 Å². The molecule has 1 N–H and O–H groups in total. The molecule has 0 saturated carbocycles. The normalized spacial score (nSPS) is 12.3. The van der Waals surface area contributed by atoms with E-state index in [0.717, 1.165) is 11.1 Å². The van der Waals surface area contributed by atoms with Gasteiger partial charge in [0.15, 0.2) is 0 Å². The Hall–Kier alpha value is -1.58. The fourth-order valence-corrected chi connectivity index (χ4v) is 2.73. The van der Waals surface area contributed by atoms with E-state index in [4.69, 9.17) is 16.3 Å². The van der Waals surface area contributed by atoms with Gasteiger partial charge in [0.05, 0.1) is 13.2 Å². The molecule has 0 saturated heterocycles. The van der Waals surface area contributed by atoms with Crippen molar-refractivity contribution in [1.29, 1.82) is 0 Å². The van der Waals surface area contributed by atoms with Gasteiger partial charge in [0.1, 0.15) is 11.6 Å². The van der Waals surface area contributed by atoms with Crippen LogP contribution in [-0.2, 0) is 0 Å². The summed E-state index contributed by atoms with van der Waals surface area (Å²) in [6.07, 6.45) is 0. The first-order valence-corrected chi connectivity index (χ1v) is 7.13. The predicted molar refractivity (Wildman–Crippen MR) is 84.8 cm³/mol. The molecule has 21 heavy (non-hydrogen) atoms. The van der Waals surface area contributed by atoms with Crippen LogP contribution in [0.4, 0.5) is 4.39 Å². The van der Waals surface area contributed by atoms with Crippen LogP contribution in [-0.4, -0.2) is 14.2 Å². The SMILES string of the molecule is CNC(c1cc(C)c(F)c(C)c1)c1ccc(Cl)cc1OC. The summed E-state index contributed by atoms with van der Waals surface area (Å²) in [5.74, 6) is 0.554. The third-order valence-electron chi connectivity index (χ3n) is 3.59. The van der Waals surface area contributed by atoms with Gasteiger partial charge in [-0.1, -0.05) is 29.8 Å². The molecular weight excluding hydrogens is 289 g/mol. The average Bonchev–Trinajstić information content (AvgIpc) is 2.46. The van der Waals surface area contributed by atoms with E-state index in [9.17, 15) is 4.39 Å². The van der Waals surface area contributed by atoms with Crippen LogP contribution in [0.25, 0.3) is 0 Å². The van der Waals surface area contributed by atoms with E-state index in [0.29, 0.717) is 21.9 Å². The molecule has 0 fully saturated rings. The van der Waals surface area contributed by atoms with Crippen LogP contribution in [0.3, 0.4) is 0 Å². The van der Waals surface area contributed by atoms with Gasteiger partial charge in [-0.2, -0.15) is 0 Å². The molecule has 1 atom stereocenters. The molecule has 0 aliphatic heterocycles. The lowest BCUT2D eigenvalue weighted by Crippen LogP contribution is -2.19. The highest BCUT2D eigenvalue weighted by Crippen LogP contribution is 2.33. The van der Waals surface area contributed by atoms with E-state index in [1.165, 1.54) is 0 Å². The number of rotatable bonds is 4. The Morgan fingerprint density at radius 2 is 1.76 bits per heavy atom. The Kier molecular flexibility index (Phi) is 4.86. The van der Waals surface area contributed by atoms with Crippen molar-refractivity contribution in [2.45, 2.75) is 19.9 Å². The van der Waals surface area contributed by atoms with Crippen molar-refractivity contribution in [2.75, 3.05) is 14.2 Å². The largest absolute Gasteiger partial charge is 0.496 e. The van der Waals surface area contributed by atoms with E-state index in [-0.39, 0.29) is 11.9 Å². The van der Waals surface area contributed by atoms with E-state index in [1.807, 2.05) is 31.3 Å². The van der Waals surface area contributed by atoms with Crippen molar-refractivity contribution in [3.05, 3.63) is 63.4 Å². The molecule has 112 valence electrons. The molecule has 0 aliphatic carbocycles. The zero-order valence-corrected chi connectivity index (χ0v) is 13.4. The highest BCUT2D eigenvalue weighted by atomic mass is 35.5. The molecular formula is C17H19ClFNO. The van der Waals surface area contributed by atoms with Crippen molar-refractivity contribution in [3.63, 3.8) is 0 Å². The lowest BCUT2D eigenvalue weighted by molar-refractivity contribution is 0.405. The molecule has 2 rings (SSSR count). The quantitative estimate of drug-likeness (QED) is 0.903. The monoisotopic (exact) mass is 307 g/mol. The first kappa shape index (κ1) is 15.8. The molecule has 0 radical (unpaired) electrons. The minimum absolute atomic E-state index is 0.0878. The molecule has 0 bridgehead atoms. The standard InChI is InChI=1S/C17H19ClFNO/c1-10-7-12(8-11(2)16(10)19)17(20-3)14-6-5-13(18)9-15(14)21-4/h5-9,17,20H,1-4H3. The number of benzene rings is 2. The van der Waals surface area contributed by atoms with Crippen molar-refractivity contribution in [3.8, 4) is 5.75 Å². The van der Waals surface area contributed by atoms with Crippen molar-refractivity contribution < 1.29 is 9.13 Å². The molecule has 2 nitrogen and oxygen atoms in total. The first-order chi connectivity index (χ1) is 9.97. The van der Waals surface area contributed by atoms with Gasteiger partial charge >= 0.3 is 0 Å². The number of nitrogens with one attached hydrogen (secondary N) is 1. The molecule has 2 aromatic carbocycles. The number of aryl methyl sites for hydroxylation is 2. The molecule has 2 aromatic rings. The van der Waals surface area contributed by atoms with Crippen LogP contribution < -0.4 is 10.1 Å². The zero-order valence-electron chi connectivity index (χ0n) is 12.6. The summed E-state index contributed by atoms with van der Waals surface area (Å²) in [6.45, 7) is 3.55. The molecule has 0 heterocycles. The van der Waals surface area contributed by atoms with Gasteiger partial charge in [0.2, 0.25) is 0 Å². The predicted octanol–water partition coefficient (Wildman–Crippen LogP) is 4.41. The number of hydrogen-bond acceptors (Lipinski definition) is 2. The van der Waals surface area contributed by atoms with Crippen LogP contribution in [0, 0.1) is 19.7 Å². The van der Waals surface area contributed by atoms with Crippen molar-refractivity contribution >= 4 is 11.6 Å².